The molecule has 0 spiro atoms. The van der Waals surface area contributed by atoms with Crippen LogP contribution in [0.15, 0.2) is 41.5 Å². The Balaban J connectivity index is 1.80. The van der Waals surface area contributed by atoms with Gasteiger partial charge in [0.1, 0.15) is 17.2 Å². The van der Waals surface area contributed by atoms with E-state index in [-0.39, 0.29) is 11.5 Å². The van der Waals surface area contributed by atoms with Crippen LogP contribution >= 0.6 is 0 Å². The van der Waals surface area contributed by atoms with Crippen molar-refractivity contribution < 1.29 is 24.5 Å². The van der Waals surface area contributed by atoms with E-state index in [9.17, 15) is 15.0 Å². The fourth-order valence-electron chi connectivity index (χ4n) is 2.51. The average molecular weight is 355 g/mol. The number of methoxy groups -OCH3 is 2. The highest BCUT2D eigenvalue weighted by Crippen LogP contribution is 2.35. The van der Waals surface area contributed by atoms with Crippen LogP contribution in [-0.2, 0) is 0 Å². The Bertz CT molecular complexity index is 994. The van der Waals surface area contributed by atoms with Crippen molar-refractivity contribution in [3.05, 3.63) is 47.7 Å². The van der Waals surface area contributed by atoms with Crippen LogP contribution in [0.5, 0.6) is 23.0 Å². The molecule has 0 saturated heterocycles. The first-order valence-corrected chi connectivity index (χ1v) is 7.62. The number of phenols is 2. The van der Waals surface area contributed by atoms with Crippen molar-refractivity contribution in [2.75, 3.05) is 14.2 Å². The lowest BCUT2D eigenvalue weighted by atomic mass is 10.2. The lowest BCUT2D eigenvalue weighted by Crippen LogP contribution is -2.17. The molecule has 1 amide bonds. The van der Waals surface area contributed by atoms with Crippen LogP contribution in [0.25, 0.3) is 10.9 Å². The first kappa shape index (κ1) is 17.2. The molecule has 0 fully saturated rings. The van der Waals surface area contributed by atoms with Crippen LogP contribution in [0.1, 0.15) is 16.1 Å². The summed E-state index contributed by atoms with van der Waals surface area (Å²) in [7, 11) is 3.07. The third-order valence-corrected chi connectivity index (χ3v) is 3.77. The summed E-state index contributed by atoms with van der Waals surface area (Å²) in [5.74, 6) is 0.415. The normalized spacial score (nSPS) is 11.0. The number of hydrogen-bond acceptors (Lipinski definition) is 6. The van der Waals surface area contributed by atoms with Gasteiger partial charge in [0.25, 0.3) is 5.91 Å². The number of fused-ring (bicyclic) bond motifs is 1. The number of nitrogens with zero attached hydrogens (tertiary/aromatic N) is 1. The smallest absolute Gasteiger partial charge is 0.287 e. The minimum atomic E-state index is -0.461. The van der Waals surface area contributed by atoms with Crippen molar-refractivity contribution >= 4 is 23.0 Å². The number of benzene rings is 2. The molecule has 2 aromatic carbocycles. The zero-order chi connectivity index (χ0) is 18.7. The number of aromatic hydroxyl groups is 2. The molecule has 0 aliphatic heterocycles. The second-order valence-corrected chi connectivity index (χ2v) is 5.39. The maximum atomic E-state index is 12.3. The molecule has 0 aliphatic rings. The van der Waals surface area contributed by atoms with Gasteiger partial charge in [-0.05, 0) is 30.3 Å². The lowest BCUT2D eigenvalue weighted by molar-refractivity contribution is 0.0951. The highest BCUT2D eigenvalue weighted by Gasteiger charge is 2.15. The Morgan fingerprint density at radius 2 is 1.96 bits per heavy atom. The number of H-pyrrole nitrogens is 1. The Hall–Kier alpha value is -3.68. The fourth-order valence-corrected chi connectivity index (χ4v) is 2.51. The third-order valence-electron chi connectivity index (χ3n) is 3.77. The third kappa shape index (κ3) is 3.25. The van der Waals surface area contributed by atoms with Gasteiger partial charge in [-0.1, -0.05) is 0 Å². The molecule has 3 rings (SSSR count). The predicted octanol–water partition coefficient (Wildman–Crippen LogP) is 2.36. The number of carbonyl (C=O) groups is 1. The van der Waals surface area contributed by atoms with Gasteiger partial charge < -0.3 is 24.7 Å². The highest BCUT2D eigenvalue weighted by atomic mass is 16.5. The zero-order valence-corrected chi connectivity index (χ0v) is 14.1. The van der Waals surface area contributed by atoms with Crippen LogP contribution < -0.4 is 14.9 Å². The lowest BCUT2D eigenvalue weighted by Gasteiger charge is -2.07. The Morgan fingerprint density at radius 3 is 2.65 bits per heavy atom. The van der Waals surface area contributed by atoms with E-state index < -0.39 is 5.91 Å². The van der Waals surface area contributed by atoms with Gasteiger partial charge in [0.2, 0.25) is 0 Å². The minimum Gasteiger partial charge on any atom is -0.508 e. The van der Waals surface area contributed by atoms with Crippen LogP contribution in [0.4, 0.5) is 0 Å². The maximum absolute atomic E-state index is 12.3. The largest absolute Gasteiger partial charge is 0.508 e. The molecular weight excluding hydrogens is 338 g/mol. The predicted molar refractivity (Wildman–Crippen MR) is 96.2 cm³/mol. The van der Waals surface area contributed by atoms with Crippen molar-refractivity contribution in [2.24, 2.45) is 5.10 Å². The van der Waals surface area contributed by atoms with Crippen molar-refractivity contribution in [2.45, 2.75) is 0 Å². The number of aromatic nitrogens is 1. The van der Waals surface area contributed by atoms with E-state index in [1.165, 1.54) is 38.6 Å². The van der Waals surface area contributed by atoms with E-state index in [0.717, 1.165) is 0 Å². The van der Waals surface area contributed by atoms with Crippen LogP contribution in [-0.4, -0.2) is 41.5 Å². The molecule has 8 nitrogen and oxygen atoms in total. The molecule has 4 N–H and O–H groups in total. The fraction of sp³-hybridized carbons (Fsp3) is 0.111. The molecule has 0 unspecified atom stereocenters. The number of carbonyl (C=O) groups excluding carboxylic acids is 1. The minimum absolute atomic E-state index is 0.0638. The first-order chi connectivity index (χ1) is 12.5. The topological polar surface area (TPSA) is 116 Å². The Morgan fingerprint density at radius 1 is 1.15 bits per heavy atom. The first-order valence-electron chi connectivity index (χ1n) is 7.62. The summed E-state index contributed by atoms with van der Waals surface area (Å²) in [6, 6.07) is 9.22. The molecule has 134 valence electrons. The number of nitrogens with one attached hydrogen (secondary N) is 2. The number of aromatic amines is 1. The molecule has 3 aromatic rings. The SMILES string of the molecule is COc1ccc2[nH]c(C(=O)NN=Cc3ccc(O)cc3O)cc2c1OC. The van der Waals surface area contributed by atoms with E-state index in [4.69, 9.17) is 9.47 Å². The Kier molecular flexibility index (Phi) is 4.66. The van der Waals surface area contributed by atoms with E-state index in [1.807, 2.05) is 0 Å². The van der Waals surface area contributed by atoms with Crippen LogP contribution in [0.2, 0.25) is 0 Å². The number of ether oxygens (including phenoxy) is 2. The monoisotopic (exact) mass is 355 g/mol. The van der Waals surface area contributed by atoms with Crippen molar-refractivity contribution in [3.63, 3.8) is 0 Å². The summed E-state index contributed by atoms with van der Waals surface area (Å²) < 4.78 is 10.6. The van der Waals surface area contributed by atoms with Crippen molar-refractivity contribution in [1.82, 2.24) is 10.4 Å². The number of rotatable bonds is 5. The van der Waals surface area contributed by atoms with Gasteiger partial charge in [0.15, 0.2) is 11.5 Å². The number of phenolic OH excluding ortho intramolecular Hbond substituents is 2. The Labute approximate surface area is 148 Å². The highest BCUT2D eigenvalue weighted by molar-refractivity contribution is 6.00. The van der Waals surface area contributed by atoms with E-state index in [2.05, 4.69) is 15.5 Å². The molecule has 0 aliphatic carbocycles. The average Bonchev–Trinajstić information content (AvgIpc) is 3.06. The zero-order valence-electron chi connectivity index (χ0n) is 14.1. The van der Waals surface area contributed by atoms with E-state index >= 15 is 0 Å². The van der Waals surface area contributed by atoms with E-state index in [1.54, 1.807) is 18.2 Å². The van der Waals surface area contributed by atoms with Gasteiger partial charge >= 0.3 is 0 Å². The molecule has 1 heterocycles. The summed E-state index contributed by atoms with van der Waals surface area (Å²) in [5, 5.41) is 23.5. The summed E-state index contributed by atoms with van der Waals surface area (Å²) in [6.45, 7) is 0. The van der Waals surface area contributed by atoms with Crippen LogP contribution in [0.3, 0.4) is 0 Å². The second kappa shape index (κ2) is 7.06. The number of amides is 1. The van der Waals surface area contributed by atoms with Gasteiger partial charge in [-0.3, -0.25) is 4.79 Å². The summed E-state index contributed by atoms with van der Waals surface area (Å²) in [4.78, 5) is 15.3. The van der Waals surface area contributed by atoms with Gasteiger partial charge in [-0.15, -0.1) is 0 Å². The summed E-state index contributed by atoms with van der Waals surface area (Å²) in [6.07, 6.45) is 1.28. The molecule has 8 heteroatoms. The van der Waals surface area contributed by atoms with Gasteiger partial charge in [0.05, 0.1) is 26.0 Å². The molecule has 0 saturated carbocycles. The van der Waals surface area contributed by atoms with E-state index in [0.29, 0.717) is 33.7 Å². The maximum Gasteiger partial charge on any atom is 0.287 e. The molecule has 0 radical (unpaired) electrons. The molecule has 0 atom stereocenters. The second-order valence-electron chi connectivity index (χ2n) is 5.39. The van der Waals surface area contributed by atoms with Gasteiger partial charge in [-0.25, -0.2) is 5.43 Å². The molecule has 26 heavy (non-hydrogen) atoms. The van der Waals surface area contributed by atoms with Crippen LogP contribution in [0, 0.1) is 0 Å². The van der Waals surface area contributed by atoms with Gasteiger partial charge in [0, 0.05) is 17.0 Å². The number of hydrogen-bond donors (Lipinski definition) is 4. The number of hydrazone groups is 1. The van der Waals surface area contributed by atoms with Crippen molar-refractivity contribution in [3.8, 4) is 23.0 Å². The molecule has 0 bridgehead atoms. The molecular formula is C18H17N3O5. The van der Waals surface area contributed by atoms with Gasteiger partial charge in [-0.2, -0.15) is 5.10 Å². The quantitative estimate of drug-likeness (QED) is 0.414. The summed E-state index contributed by atoms with van der Waals surface area (Å²) in [5.41, 5.74) is 3.73. The molecule has 1 aromatic heterocycles. The standard InChI is InChI=1S/C18H17N3O5/c1-25-16-6-5-13-12(17(16)26-2)8-14(20-13)18(24)21-19-9-10-3-4-11(22)7-15(10)23/h3-9,20,22-23H,1-2H3,(H,21,24). The van der Waals surface area contributed by atoms with Crippen molar-refractivity contribution in [1.29, 1.82) is 0 Å². The summed E-state index contributed by atoms with van der Waals surface area (Å²) >= 11 is 0.